The highest BCUT2D eigenvalue weighted by atomic mass is 16.5. The Kier molecular flexibility index (Phi) is 2.91. The normalized spacial score (nSPS) is 37.5. The standard InChI is InChI=1S/C13H18N2O5/c1-6-3-7(2)20-9-5-14-4-8(16)11(17)12(18)10(14)13(19)15(6)9/h4,6-7,9,11,16-18H,3,5H2,1-2H3/t6-,7-,9+,11?/m1/s1. The zero-order chi connectivity index (χ0) is 14.6. The fourth-order valence-electron chi connectivity index (χ4n) is 3.11. The van der Waals surface area contributed by atoms with E-state index in [9.17, 15) is 20.1 Å². The van der Waals surface area contributed by atoms with Gasteiger partial charge in [-0.3, -0.25) is 4.79 Å². The molecule has 0 aromatic heterocycles. The molecule has 0 bridgehead atoms. The summed E-state index contributed by atoms with van der Waals surface area (Å²) in [6.45, 7) is 4.20. The third kappa shape index (κ3) is 1.77. The first-order chi connectivity index (χ1) is 9.40. The van der Waals surface area contributed by atoms with Gasteiger partial charge in [-0.05, 0) is 20.3 Å². The summed E-state index contributed by atoms with van der Waals surface area (Å²) in [5, 5.41) is 29.2. The molecule has 1 unspecified atom stereocenters. The Balaban J connectivity index is 1.99. The van der Waals surface area contributed by atoms with Crippen LogP contribution in [0.25, 0.3) is 0 Å². The average molecular weight is 282 g/mol. The molecule has 7 nitrogen and oxygen atoms in total. The van der Waals surface area contributed by atoms with Crippen LogP contribution in [0.3, 0.4) is 0 Å². The third-order valence-corrected chi connectivity index (χ3v) is 3.99. The fraction of sp³-hybridized carbons (Fsp3) is 0.615. The fourth-order valence-corrected chi connectivity index (χ4v) is 3.11. The molecule has 3 heterocycles. The van der Waals surface area contributed by atoms with Crippen LogP contribution < -0.4 is 0 Å². The molecule has 3 aliphatic heterocycles. The number of rotatable bonds is 0. The van der Waals surface area contributed by atoms with Gasteiger partial charge in [-0.25, -0.2) is 0 Å². The molecule has 3 aliphatic rings. The van der Waals surface area contributed by atoms with Crippen LogP contribution in [0.4, 0.5) is 0 Å². The van der Waals surface area contributed by atoms with Crippen LogP contribution in [0.5, 0.6) is 0 Å². The highest BCUT2D eigenvalue weighted by Gasteiger charge is 2.46. The maximum atomic E-state index is 12.5. The lowest BCUT2D eigenvalue weighted by molar-refractivity contribution is -0.185. The van der Waals surface area contributed by atoms with Gasteiger partial charge in [0.2, 0.25) is 0 Å². The van der Waals surface area contributed by atoms with Gasteiger partial charge in [-0.2, -0.15) is 0 Å². The molecule has 2 saturated heterocycles. The summed E-state index contributed by atoms with van der Waals surface area (Å²) in [7, 11) is 0. The Morgan fingerprint density at radius 3 is 2.75 bits per heavy atom. The third-order valence-electron chi connectivity index (χ3n) is 3.99. The minimum Gasteiger partial charge on any atom is -0.508 e. The largest absolute Gasteiger partial charge is 0.508 e. The van der Waals surface area contributed by atoms with Gasteiger partial charge < -0.3 is 29.9 Å². The number of hydrogen-bond donors (Lipinski definition) is 3. The van der Waals surface area contributed by atoms with Gasteiger partial charge in [0, 0.05) is 12.2 Å². The minimum atomic E-state index is -1.54. The van der Waals surface area contributed by atoms with Gasteiger partial charge in [0.05, 0.1) is 12.6 Å². The number of fused-ring (bicyclic) bond motifs is 2. The van der Waals surface area contributed by atoms with E-state index in [2.05, 4.69) is 0 Å². The molecular formula is C13H18N2O5. The molecule has 1 amide bonds. The van der Waals surface area contributed by atoms with E-state index in [1.165, 1.54) is 11.1 Å². The van der Waals surface area contributed by atoms with Crippen molar-refractivity contribution in [2.24, 2.45) is 0 Å². The predicted molar refractivity (Wildman–Crippen MR) is 68.3 cm³/mol. The summed E-state index contributed by atoms with van der Waals surface area (Å²) < 4.78 is 5.76. The topological polar surface area (TPSA) is 93.5 Å². The molecule has 0 aliphatic carbocycles. The van der Waals surface area contributed by atoms with Crippen LogP contribution >= 0.6 is 0 Å². The highest BCUT2D eigenvalue weighted by molar-refractivity contribution is 5.95. The lowest BCUT2D eigenvalue weighted by Crippen LogP contribution is -2.62. The van der Waals surface area contributed by atoms with Crippen molar-refractivity contribution >= 4 is 5.91 Å². The molecule has 0 spiro atoms. The van der Waals surface area contributed by atoms with Crippen LogP contribution in [-0.4, -0.2) is 62.0 Å². The van der Waals surface area contributed by atoms with E-state index in [1.807, 2.05) is 13.8 Å². The minimum absolute atomic E-state index is 0.00431. The van der Waals surface area contributed by atoms with E-state index in [1.54, 1.807) is 4.90 Å². The second kappa shape index (κ2) is 4.39. The Morgan fingerprint density at radius 2 is 2.05 bits per heavy atom. The quantitative estimate of drug-likeness (QED) is 0.587. The Labute approximate surface area is 116 Å². The van der Waals surface area contributed by atoms with Gasteiger partial charge in [0.25, 0.3) is 5.91 Å². The number of ether oxygens (including phenoxy) is 1. The molecule has 0 aromatic rings. The molecule has 0 radical (unpaired) electrons. The van der Waals surface area contributed by atoms with Crippen molar-refractivity contribution in [1.82, 2.24) is 9.80 Å². The molecule has 4 atom stereocenters. The Bertz CT molecular complexity index is 515. The van der Waals surface area contributed by atoms with Crippen molar-refractivity contribution in [3.05, 3.63) is 23.4 Å². The molecule has 3 N–H and O–H groups in total. The molecule has 7 heteroatoms. The molecular weight excluding hydrogens is 264 g/mol. The van der Waals surface area contributed by atoms with E-state index in [4.69, 9.17) is 4.74 Å². The number of carbonyl (C=O) groups excluding carboxylic acids is 1. The van der Waals surface area contributed by atoms with Crippen molar-refractivity contribution in [2.45, 2.75) is 44.7 Å². The van der Waals surface area contributed by atoms with Crippen molar-refractivity contribution in [3.8, 4) is 0 Å². The first-order valence-corrected chi connectivity index (χ1v) is 6.66. The second-order valence-electron chi connectivity index (χ2n) is 5.54. The lowest BCUT2D eigenvalue weighted by Gasteiger charge is -2.49. The summed E-state index contributed by atoms with van der Waals surface area (Å²) in [5.74, 6) is -1.29. The first-order valence-electron chi connectivity index (χ1n) is 6.66. The Morgan fingerprint density at radius 1 is 1.35 bits per heavy atom. The van der Waals surface area contributed by atoms with Crippen LogP contribution in [0.2, 0.25) is 0 Å². The number of nitrogens with zero attached hydrogens (tertiary/aromatic N) is 2. The average Bonchev–Trinajstić information content (AvgIpc) is 2.34. The molecule has 110 valence electrons. The number of amides is 1. The summed E-state index contributed by atoms with van der Waals surface area (Å²) in [6, 6.07) is -0.00431. The van der Waals surface area contributed by atoms with Crippen molar-refractivity contribution in [1.29, 1.82) is 0 Å². The van der Waals surface area contributed by atoms with E-state index in [0.29, 0.717) is 6.54 Å². The van der Waals surface area contributed by atoms with Gasteiger partial charge in [0.15, 0.2) is 18.1 Å². The highest BCUT2D eigenvalue weighted by Crippen LogP contribution is 2.34. The SMILES string of the molecule is C[C@@H]1C[C@@H](C)N2C(=O)C3=C(O)C(O)C(O)=CN3C[C@@H]2O1. The Hall–Kier alpha value is -1.73. The van der Waals surface area contributed by atoms with E-state index >= 15 is 0 Å². The molecule has 3 rings (SSSR count). The maximum absolute atomic E-state index is 12.5. The van der Waals surface area contributed by atoms with Crippen LogP contribution in [-0.2, 0) is 9.53 Å². The zero-order valence-corrected chi connectivity index (χ0v) is 11.4. The monoisotopic (exact) mass is 282 g/mol. The van der Waals surface area contributed by atoms with E-state index in [0.717, 1.165) is 6.42 Å². The summed E-state index contributed by atoms with van der Waals surface area (Å²) in [5.41, 5.74) is 0.0107. The van der Waals surface area contributed by atoms with E-state index < -0.39 is 18.1 Å². The van der Waals surface area contributed by atoms with E-state index in [-0.39, 0.29) is 29.5 Å². The maximum Gasteiger partial charge on any atom is 0.276 e. The predicted octanol–water partition coefficient (Wildman–Crippen LogP) is 0.197. The first kappa shape index (κ1) is 13.3. The lowest BCUT2D eigenvalue weighted by atomic mass is 10.0. The number of piperazine rings is 1. The van der Waals surface area contributed by atoms with Crippen molar-refractivity contribution in [3.63, 3.8) is 0 Å². The van der Waals surface area contributed by atoms with Gasteiger partial charge in [0.1, 0.15) is 11.5 Å². The number of aliphatic hydroxyl groups is 3. The van der Waals surface area contributed by atoms with Crippen molar-refractivity contribution < 1.29 is 24.9 Å². The number of carbonyl (C=O) groups is 1. The molecule has 0 aromatic carbocycles. The summed E-state index contributed by atoms with van der Waals surface area (Å²) >= 11 is 0. The van der Waals surface area contributed by atoms with Crippen molar-refractivity contribution in [2.75, 3.05) is 6.54 Å². The molecule has 20 heavy (non-hydrogen) atoms. The summed E-state index contributed by atoms with van der Waals surface area (Å²) in [4.78, 5) is 15.6. The molecule has 0 saturated carbocycles. The molecule has 2 fully saturated rings. The zero-order valence-electron chi connectivity index (χ0n) is 11.4. The number of aliphatic hydroxyl groups excluding tert-OH is 3. The second-order valence-corrected chi connectivity index (χ2v) is 5.54. The smallest absolute Gasteiger partial charge is 0.276 e. The van der Waals surface area contributed by atoms with Gasteiger partial charge in [-0.15, -0.1) is 0 Å². The van der Waals surface area contributed by atoms with Crippen LogP contribution in [0, 0.1) is 0 Å². The van der Waals surface area contributed by atoms with Gasteiger partial charge in [-0.1, -0.05) is 0 Å². The van der Waals surface area contributed by atoms with Gasteiger partial charge >= 0.3 is 0 Å². The van der Waals surface area contributed by atoms with Crippen LogP contribution in [0.1, 0.15) is 20.3 Å². The number of hydrogen-bond acceptors (Lipinski definition) is 6. The summed E-state index contributed by atoms with van der Waals surface area (Å²) in [6.07, 6.45) is 0.0762. The van der Waals surface area contributed by atoms with Crippen LogP contribution in [0.15, 0.2) is 23.4 Å².